The van der Waals surface area contributed by atoms with Crippen molar-refractivity contribution in [2.75, 3.05) is 84.9 Å². The summed E-state index contributed by atoms with van der Waals surface area (Å²) in [5, 5.41) is 43.6. The summed E-state index contributed by atoms with van der Waals surface area (Å²) in [4.78, 5) is 62.9. The van der Waals surface area contributed by atoms with Crippen molar-refractivity contribution < 1.29 is 4.74 Å². The van der Waals surface area contributed by atoms with E-state index in [0.29, 0.717) is 29.9 Å². The monoisotopic (exact) mass is 1780 g/mol. The average Bonchev–Trinajstić information content (AvgIpc) is 1.68. The predicted octanol–water partition coefficient (Wildman–Crippen LogP) is 15.4. The van der Waals surface area contributed by atoms with Gasteiger partial charge in [0.1, 0.15) is 12.4 Å². The van der Waals surface area contributed by atoms with E-state index in [0.717, 1.165) is 189 Å². The van der Waals surface area contributed by atoms with Crippen LogP contribution in [0.2, 0.25) is 0 Å². The molecule has 23 aromatic rings. The molecule has 38 heteroatoms. The number of piperazine rings is 1. The first-order valence-electron chi connectivity index (χ1n) is 42.6. The average molecular weight is 1780 g/mol. The Hall–Kier alpha value is -17.5. The van der Waals surface area contributed by atoms with Gasteiger partial charge in [0.15, 0.2) is 57.3 Å². The zero-order chi connectivity index (χ0) is 90.3. The van der Waals surface area contributed by atoms with Crippen LogP contribution in [0, 0.1) is 0 Å². The molecule has 0 aliphatic carbocycles. The number of nitrogens with one attached hydrogen (secondary N) is 6. The number of rotatable bonds is 20. The molecule has 1 aliphatic heterocycles. The van der Waals surface area contributed by atoms with E-state index in [9.17, 15) is 0 Å². The second-order valence-electron chi connectivity index (χ2n) is 31.5. The molecule has 24 rings (SSSR count). The molecule has 660 valence electrons. The molecule has 133 heavy (non-hydrogen) atoms. The number of imidazole rings is 5. The molecule has 1 saturated heterocycles. The minimum absolute atomic E-state index is 0.638. The first-order chi connectivity index (χ1) is 65.2. The van der Waals surface area contributed by atoms with Crippen LogP contribution in [0.15, 0.2) is 300 Å². The Morgan fingerprint density at radius 1 is 0.368 bits per heavy atom. The smallest absolute Gasteiger partial charge is 0.180 e. The Kier molecular flexibility index (Phi) is 23.5. The molecular formula is C95H88N36OS. The molecule has 37 nitrogen and oxygen atoms in total. The van der Waals surface area contributed by atoms with E-state index < -0.39 is 0 Å². The van der Waals surface area contributed by atoms with Crippen molar-refractivity contribution in [2.24, 2.45) is 35.2 Å². The van der Waals surface area contributed by atoms with Crippen LogP contribution in [0.1, 0.15) is 0 Å². The zero-order valence-corrected chi connectivity index (χ0v) is 74.1. The van der Waals surface area contributed by atoms with Crippen molar-refractivity contribution in [3.63, 3.8) is 0 Å². The third kappa shape index (κ3) is 18.3. The lowest BCUT2D eigenvalue weighted by Gasteiger charge is -2.29. The van der Waals surface area contributed by atoms with Crippen molar-refractivity contribution in [3.8, 4) is 62.0 Å². The van der Waals surface area contributed by atoms with Gasteiger partial charge in [0, 0.05) is 246 Å². The van der Waals surface area contributed by atoms with E-state index in [1.54, 1.807) is 78.1 Å². The fraction of sp³-hybridized carbons (Fsp3) is 0.137. The maximum absolute atomic E-state index is 5.81. The summed E-state index contributed by atoms with van der Waals surface area (Å²) >= 11 is 1.62. The zero-order valence-electron chi connectivity index (χ0n) is 73.3. The first kappa shape index (κ1) is 83.7. The predicted molar refractivity (Wildman–Crippen MR) is 517 cm³/mol. The highest BCUT2D eigenvalue weighted by Crippen LogP contribution is 2.35. The Balaban J connectivity index is 0.000000103. The topological polar surface area (TPSA) is 367 Å². The van der Waals surface area contributed by atoms with Gasteiger partial charge in [-0.25, -0.2) is 54.8 Å². The molecule has 0 saturated carbocycles. The van der Waals surface area contributed by atoms with Gasteiger partial charge in [-0.15, -0.1) is 11.3 Å². The summed E-state index contributed by atoms with van der Waals surface area (Å²) in [5.74, 6) is 4.31. The number of benzene rings is 5. The third-order valence-electron chi connectivity index (χ3n) is 22.0. The molecule has 0 unspecified atom stereocenters. The summed E-state index contributed by atoms with van der Waals surface area (Å²) in [6.45, 7) is 5.65. The fourth-order valence-corrected chi connectivity index (χ4v) is 16.3. The number of nitrogens with zero attached hydrogens (tertiary/aromatic N) is 30. The molecule has 0 atom stereocenters. The number of likely N-dealkylation sites (N-methyl/N-ethyl adjacent to an activating group) is 1. The van der Waals surface area contributed by atoms with Crippen LogP contribution in [0.5, 0.6) is 5.75 Å². The standard InChI is InChI=1S/C20H22N8.C20H23N7O.2C19H15N7.C17H13N7S/c1-26-14-15(12-24-26)18-13-23-20-19(22-8-11-28(18)20)25-16-2-4-17(5-3-16)27-9-6-21-7-10-27;1-25(2)9-10-28-17-6-4-5-16(11-17)24-19-20-22-13-18(27(20)8-7-21-19)15-12-23-26(3)14-15;1-25-12-13(10-23-25)17-11-22-19-18(21-8-9-26(17)19)24-16-6-2-5-15-14(16)4-3-7-20-15;1-25-12-14(10-23-25)16-11-22-19-18(21-8-9-26(16)19)24-15-6-2-4-13-5-3-7-20-17(13)15;1-23-9-11(7-21-23)14-8-19-17-16(18-4-5-24(14)17)22-12-2-3-13-15(6-12)25-10-20-13/h2-5,8,11-14,21H,6-7,9-10H2,1H3,(H,22,25);4-8,11-14H,9-10H2,1-3H3,(H,21,24);2*2-12H,1H3,(H,21,24);2-10H,1H3,(H,18,22). The van der Waals surface area contributed by atoms with E-state index in [4.69, 9.17) is 4.74 Å². The molecule has 18 aromatic heterocycles. The summed E-state index contributed by atoms with van der Waals surface area (Å²) in [5.41, 5.74) is 24.4. The number of ether oxygens (including phenoxy) is 1. The van der Waals surface area contributed by atoms with Crippen molar-refractivity contribution in [1.29, 1.82) is 0 Å². The molecule has 5 aromatic carbocycles. The Bertz CT molecular complexity index is 7810. The fourth-order valence-electron chi connectivity index (χ4n) is 15.6. The highest BCUT2D eigenvalue weighted by Gasteiger charge is 2.21. The summed E-state index contributed by atoms with van der Waals surface area (Å²) in [7, 11) is 13.6. The van der Waals surface area contributed by atoms with Gasteiger partial charge in [0.2, 0.25) is 0 Å². The van der Waals surface area contributed by atoms with Gasteiger partial charge < -0.3 is 46.4 Å². The van der Waals surface area contributed by atoms with Crippen LogP contribution in [0.4, 0.5) is 63.2 Å². The minimum atomic E-state index is 0.638. The van der Waals surface area contributed by atoms with Crippen LogP contribution < -0.4 is 41.5 Å². The van der Waals surface area contributed by atoms with Crippen LogP contribution in [0.25, 0.3) is 117 Å². The number of thiazole rings is 1. The van der Waals surface area contributed by atoms with Crippen molar-refractivity contribution in [1.82, 2.24) is 146 Å². The molecule has 1 aliphatic rings. The van der Waals surface area contributed by atoms with Crippen LogP contribution in [-0.4, -0.2) is 194 Å². The van der Waals surface area contributed by atoms with E-state index in [-0.39, 0.29) is 0 Å². The van der Waals surface area contributed by atoms with Crippen LogP contribution in [0.3, 0.4) is 0 Å². The quantitative estimate of drug-likeness (QED) is 0.0413. The number of para-hydroxylation sites is 1. The summed E-state index contributed by atoms with van der Waals surface area (Å²) < 4.78 is 25.9. The number of aryl methyl sites for hydroxylation is 5. The number of aromatic nitrogens is 28. The molecule has 0 amide bonds. The van der Waals surface area contributed by atoms with E-state index in [2.05, 4.69) is 162 Å². The maximum atomic E-state index is 5.81. The lowest BCUT2D eigenvalue weighted by Crippen LogP contribution is -2.43. The van der Waals surface area contributed by atoms with Crippen molar-refractivity contribution in [2.45, 2.75) is 0 Å². The molecule has 0 spiro atoms. The van der Waals surface area contributed by atoms with Crippen molar-refractivity contribution in [3.05, 3.63) is 300 Å². The Morgan fingerprint density at radius 3 is 1.26 bits per heavy atom. The summed E-state index contributed by atoms with van der Waals surface area (Å²) in [6.07, 6.45) is 50.1. The van der Waals surface area contributed by atoms with Gasteiger partial charge in [-0.2, -0.15) is 25.5 Å². The molecule has 0 radical (unpaired) electrons. The van der Waals surface area contributed by atoms with Crippen molar-refractivity contribution >= 4 is 135 Å². The number of fused-ring (bicyclic) bond motifs is 8. The normalized spacial score (nSPS) is 12.0. The highest BCUT2D eigenvalue weighted by molar-refractivity contribution is 7.16. The lowest BCUT2D eigenvalue weighted by atomic mass is 10.2. The Labute approximate surface area is 763 Å². The van der Waals surface area contributed by atoms with E-state index >= 15 is 0 Å². The van der Waals surface area contributed by atoms with Crippen LogP contribution in [-0.2, 0) is 35.2 Å². The second kappa shape index (κ2) is 37.4. The SMILES string of the molecule is CN(C)CCOc1cccc(Nc2nccn3c(-c4cnn(C)c4)cnc23)c1.Cn1cc(-c2cnc3c(Nc4ccc(N5CCNCC5)cc4)nccn23)cn1.Cn1cc(-c2cnc3c(Nc4ccc5ncsc5c4)nccn23)cn1.Cn1cc(-c2cnc3c(Nc4cccc5cccnc45)nccn23)cn1.Cn1cc(-c2cnc3c(Nc4cccc5ncccc45)nccn23)cn1. The van der Waals surface area contributed by atoms with Gasteiger partial charge in [0.25, 0.3) is 0 Å². The molecule has 1 fully saturated rings. The number of anilines is 11. The molecule has 0 bridgehead atoms. The third-order valence-corrected chi connectivity index (χ3v) is 22.8. The molecular weight excluding hydrogens is 1690 g/mol. The van der Waals surface area contributed by atoms with Crippen LogP contribution >= 0.6 is 11.3 Å². The second-order valence-corrected chi connectivity index (χ2v) is 32.3. The highest BCUT2D eigenvalue weighted by atomic mass is 32.1. The first-order valence-corrected chi connectivity index (χ1v) is 43.5. The maximum Gasteiger partial charge on any atom is 0.180 e. The van der Waals surface area contributed by atoms with Gasteiger partial charge >= 0.3 is 0 Å². The van der Waals surface area contributed by atoms with Gasteiger partial charge in [-0.05, 0) is 105 Å². The summed E-state index contributed by atoms with van der Waals surface area (Å²) in [6, 6.07) is 42.4. The molecule has 6 N–H and O–H groups in total. The molecule has 19 heterocycles. The minimum Gasteiger partial charge on any atom is -0.492 e. The van der Waals surface area contributed by atoms with Gasteiger partial charge in [-0.3, -0.25) is 55.4 Å². The number of pyridine rings is 2. The van der Waals surface area contributed by atoms with Gasteiger partial charge in [0.05, 0.1) is 123 Å². The largest absolute Gasteiger partial charge is 0.492 e. The van der Waals surface area contributed by atoms with E-state index in [1.165, 1.54) is 5.69 Å². The lowest BCUT2D eigenvalue weighted by molar-refractivity contribution is 0.261. The Morgan fingerprint density at radius 2 is 0.782 bits per heavy atom. The van der Waals surface area contributed by atoms with Gasteiger partial charge in [-0.1, -0.05) is 30.3 Å². The number of hydrogen-bond donors (Lipinski definition) is 6. The number of hydrogen-bond acceptors (Lipinski definition) is 28. The van der Waals surface area contributed by atoms with E-state index in [1.807, 2.05) is 298 Å².